The van der Waals surface area contributed by atoms with Gasteiger partial charge in [0.1, 0.15) is 19.3 Å². The monoisotopic (exact) mass is 436 g/mol. The molecule has 0 aromatic carbocycles. The quantitative estimate of drug-likeness (QED) is 0.186. The lowest BCUT2D eigenvalue weighted by atomic mass is 10.1. The van der Waals surface area contributed by atoms with Crippen LogP contribution in [0.1, 0.15) is 71.6 Å². The zero-order valence-corrected chi connectivity index (χ0v) is 19.1. The molecule has 0 heterocycles. The molecule has 0 aliphatic carbocycles. The second-order valence-corrected chi connectivity index (χ2v) is 7.29. The first kappa shape index (κ1) is 28.8. The summed E-state index contributed by atoms with van der Waals surface area (Å²) in [5, 5.41) is 19.2. The van der Waals surface area contributed by atoms with Crippen LogP contribution >= 0.6 is 0 Å². The molecule has 0 fully saturated rings. The summed E-state index contributed by atoms with van der Waals surface area (Å²) in [5.41, 5.74) is 0. The molecule has 2 atom stereocenters. The van der Waals surface area contributed by atoms with E-state index < -0.39 is 12.1 Å². The molecule has 0 saturated heterocycles. The smallest absolute Gasteiger partial charge is 0.305 e. The van der Waals surface area contributed by atoms with E-state index in [1.807, 2.05) is 18.2 Å². The fourth-order valence-electron chi connectivity index (χ4n) is 2.47. The molecule has 0 aliphatic rings. The number of hydrogen-bond donors (Lipinski definition) is 2. The van der Waals surface area contributed by atoms with E-state index in [4.69, 9.17) is 4.74 Å². The van der Waals surface area contributed by atoms with Crippen molar-refractivity contribution >= 4 is 11.9 Å². The lowest BCUT2D eigenvalue weighted by Crippen LogP contribution is -2.24. The van der Waals surface area contributed by atoms with Crippen molar-refractivity contribution in [1.82, 2.24) is 0 Å². The van der Waals surface area contributed by atoms with Crippen LogP contribution in [0.5, 0.6) is 0 Å². The first-order valence-corrected chi connectivity index (χ1v) is 11.2. The molecule has 2 N–H and O–H groups in total. The van der Waals surface area contributed by atoms with Crippen LogP contribution in [-0.4, -0.2) is 47.6 Å². The van der Waals surface area contributed by atoms with Gasteiger partial charge < -0.3 is 19.7 Å². The average Bonchev–Trinajstić information content (AvgIpc) is 2.74. The summed E-state index contributed by atoms with van der Waals surface area (Å²) in [5.74, 6) is -0.849. The largest absolute Gasteiger partial charge is 0.463 e. The van der Waals surface area contributed by atoms with Gasteiger partial charge in [-0.15, -0.1) is 0 Å². The molecule has 0 bridgehead atoms. The maximum atomic E-state index is 11.6. The molecular weight excluding hydrogens is 396 g/mol. The second kappa shape index (κ2) is 21.1. The number of aliphatic hydroxyl groups is 2. The Morgan fingerprint density at radius 2 is 1.42 bits per heavy atom. The molecule has 0 unspecified atom stereocenters. The van der Waals surface area contributed by atoms with Crippen LogP contribution in [0, 0.1) is 0 Å². The number of allylic oxidation sites excluding steroid dienone is 7. The van der Waals surface area contributed by atoms with E-state index in [1.165, 1.54) is 6.92 Å². The number of carbonyl (C=O) groups excluding carboxylic acids is 2. The van der Waals surface area contributed by atoms with E-state index in [0.717, 1.165) is 44.9 Å². The summed E-state index contributed by atoms with van der Waals surface area (Å²) < 4.78 is 9.56. The van der Waals surface area contributed by atoms with Gasteiger partial charge in [-0.3, -0.25) is 9.59 Å². The summed E-state index contributed by atoms with van der Waals surface area (Å²) in [7, 11) is 0. The molecule has 0 saturated carbocycles. The Morgan fingerprint density at radius 1 is 0.839 bits per heavy atom. The predicted molar refractivity (Wildman–Crippen MR) is 123 cm³/mol. The normalized spacial score (nSPS) is 14.1. The van der Waals surface area contributed by atoms with Crippen LogP contribution in [0.2, 0.25) is 0 Å². The zero-order valence-electron chi connectivity index (χ0n) is 19.1. The minimum Gasteiger partial charge on any atom is -0.463 e. The topological polar surface area (TPSA) is 93.1 Å². The van der Waals surface area contributed by atoms with Gasteiger partial charge in [0.2, 0.25) is 0 Å². The number of unbranched alkanes of at least 4 members (excludes halogenated alkanes) is 2. The molecule has 0 radical (unpaired) electrons. The van der Waals surface area contributed by atoms with Crippen molar-refractivity contribution in [3.8, 4) is 0 Å². The van der Waals surface area contributed by atoms with Gasteiger partial charge in [-0.05, 0) is 38.5 Å². The van der Waals surface area contributed by atoms with Gasteiger partial charge in [-0.25, -0.2) is 0 Å². The summed E-state index contributed by atoms with van der Waals surface area (Å²) in [4.78, 5) is 22.2. The van der Waals surface area contributed by atoms with Crippen molar-refractivity contribution < 1.29 is 29.3 Å². The molecule has 6 nitrogen and oxygen atoms in total. The van der Waals surface area contributed by atoms with Crippen LogP contribution in [0.15, 0.2) is 48.6 Å². The second-order valence-electron chi connectivity index (χ2n) is 7.29. The van der Waals surface area contributed by atoms with Crippen LogP contribution < -0.4 is 0 Å². The molecule has 31 heavy (non-hydrogen) atoms. The third-order valence-corrected chi connectivity index (χ3v) is 4.20. The predicted octanol–water partition coefficient (Wildman–Crippen LogP) is 4.57. The molecule has 0 amide bonds. The minimum atomic E-state index is -0.991. The Bertz CT molecular complexity index is 577. The number of ether oxygens (including phenoxy) is 2. The number of hydrogen-bond acceptors (Lipinski definition) is 6. The SMILES string of the molecule is CCCC[C@H](O)/C=C\C/C=C\C/C=C\C/C=C\CCCC(=O)OC[C@H](O)COC(C)=O. The Kier molecular flexibility index (Phi) is 19.6. The Hall–Kier alpha value is -2.18. The van der Waals surface area contributed by atoms with Crippen molar-refractivity contribution in [2.75, 3.05) is 13.2 Å². The molecule has 176 valence electrons. The van der Waals surface area contributed by atoms with Crippen molar-refractivity contribution in [1.29, 1.82) is 0 Å². The van der Waals surface area contributed by atoms with Gasteiger partial charge in [0.05, 0.1) is 6.10 Å². The minimum absolute atomic E-state index is 0.168. The molecule has 6 heteroatoms. The van der Waals surface area contributed by atoms with E-state index >= 15 is 0 Å². The fraction of sp³-hybridized carbons (Fsp3) is 0.600. The van der Waals surface area contributed by atoms with Gasteiger partial charge in [0.25, 0.3) is 0 Å². The zero-order chi connectivity index (χ0) is 23.2. The highest BCUT2D eigenvalue weighted by molar-refractivity contribution is 5.69. The Labute approximate surface area is 187 Å². The Balaban J connectivity index is 3.63. The summed E-state index contributed by atoms with van der Waals surface area (Å²) in [6.45, 7) is 3.03. The van der Waals surface area contributed by atoms with Gasteiger partial charge in [0.15, 0.2) is 0 Å². The van der Waals surface area contributed by atoms with E-state index in [2.05, 4.69) is 42.0 Å². The molecule has 0 aromatic rings. The van der Waals surface area contributed by atoms with Crippen LogP contribution in [0.4, 0.5) is 0 Å². The number of aliphatic hydroxyl groups excluding tert-OH is 2. The third-order valence-electron chi connectivity index (χ3n) is 4.20. The van der Waals surface area contributed by atoms with Crippen LogP contribution in [0.25, 0.3) is 0 Å². The van der Waals surface area contributed by atoms with Crippen molar-refractivity contribution in [2.24, 2.45) is 0 Å². The highest BCUT2D eigenvalue weighted by atomic mass is 16.6. The molecule has 0 aromatic heterocycles. The lowest BCUT2D eigenvalue weighted by molar-refractivity contribution is -0.151. The van der Waals surface area contributed by atoms with E-state index in [-0.39, 0.29) is 31.7 Å². The van der Waals surface area contributed by atoms with E-state index in [9.17, 15) is 19.8 Å². The number of rotatable bonds is 18. The average molecular weight is 437 g/mol. The fourth-order valence-corrected chi connectivity index (χ4v) is 2.47. The van der Waals surface area contributed by atoms with E-state index in [0.29, 0.717) is 6.42 Å². The Morgan fingerprint density at radius 3 is 2.03 bits per heavy atom. The summed E-state index contributed by atoms with van der Waals surface area (Å²) in [6.07, 6.45) is 22.4. The molecule has 0 spiro atoms. The lowest BCUT2D eigenvalue weighted by Gasteiger charge is -2.10. The maximum Gasteiger partial charge on any atom is 0.305 e. The molecular formula is C25H40O6. The highest BCUT2D eigenvalue weighted by Crippen LogP contribution is 2.03. The standard InChI is InChI=1S/C25H40O6/c1-3-4-17-23(27)18-15-13-11-9-7-5-6-8-10-12-14-16-19-25(29)31-21-24(28)20-30-22(2)26/h5-6,9-12,15,18,23-24,27-28H,3-4,7-8,13-14,16-17,19-21H2,1-2H3/b6-5-,11-9-,12-10-,18-15-/t23-,24+/m0/s1. The van der Waals surface area contributed by atoms with Crippen molar-refractivity contribution in [3.63, 3.8) is 0 Å². The third kappa shape index (κ3) is 22.3. The molecule has 0 rings (SSSR count). The summed E-state index contributed by atoms with van der Waals surface area (Å²) >= 11 is 0. The highest BCUT2D eigenvalue weighted by Gasteiger charge is 2.09. The van der Waals surface area contributed by atoms with Crippen molar-refractivity contribution in [2.45, 2.75) is 83.8 Å². The maximum absolute atomic E-state index is 11.6. The van der Waals surface area contributed by atoms with Crippen LogP contribution in [0.3, 0.4) is 0 Å². The van der Waals surface area contributed by atoms with Gasteiger partial charge in [0, 0.05) is 13.3 Å². The van der Waals surface area contributed by atoms with E-state index in [1.54, 1.807) is 0 Å². The number of carbonyl (C=O) groups is 2. The molecule has 0 aliphatic heterocycles. The van der Waals surface area contributed by atoms with Crippen molar-refractivity contribution in [3.05, 3.63) is 48.6 Å². The number of esters is 2. The van der Waals surface area contributed by atoms with Gasteiger partial charge in [-0.2, -0.15) is 0 Å². The van der Waals surface area contributed by atoms with Gasteiger partial charge in [-0.1, -0.05) is 68.4 Å². The first-order valence-electron chi connectivity index (χ1n) is 11.2. The van der Waals surface area contributed by atoms with Crippen LogP contribution in [-0.2, 0) is 19.1 Å². The summed E-state index contributed by atoms with van der Waals surface area (Å²) in [6, 6.07) is 0. The first-order chi connectivity index (χ1) is 15.0. The van der Waals surface area contributed by atoms with Gasteiger partial charge >= 0.3 is 11.9 Å².